The molecule has 0 N–H and O–H groups in total. The van der Waals surface area contributed by atoms with E-state index in [1.165, 1.54) is 7.11 Å². The number of nitrogens with zero attached hydrogens (tertiary/aromatic N) is 3. The van der Waals surface area contributed by atoms with Gasteiger partial charge in [-0.25, -0.2) is 4.98 Å². The van der Waals surface area contributed by atoms with Crippen molar-refractivity contribution in [3.05, 3.63) is 36.3 Å². The Bertz CT molecular complexity index is 603. The molecule has 0 aliphatic heterocycles. The van der Waals surface area contributed by atoms with Crippen LogP contribution in [0.1, 0.15) is 19.0 Å². The molecular formula is C15H19N3O3. The number of carbonyl (C=O) groups excluding carboxylic acids is 2. The van der Waals surface area contributed by atoms with Crippen molar-refractivity contribution in [2.75, 3.05) is 20.2 Å². The first-order chi connectivity index (χ1) is 10.1. The summed E-state index contributed by atoms with van der Waals surface area (Å²) in [5.74, 6) is -0.348. The van der Waals surface area contributed by atoms with Crippen LogP contribution >= 0.6 is 0 Å². The lowest BCUT2D eigenvalue weighted by Gasteiger charge is -2.19. The summed E-state index contributed by atoms with van der Waals surface area (Å²) in [6.07, 6.45) is 4.18. The van der Waals surface area contributed by atoms with E-state index in [0.29, 0.717) is 13.1 Å². The van der Waals surface area contributed by atoms with Crippen LogP contribution in [0.15, 0.2) is 30.6 Å². The van der Waals surface area contributed by atoms with Gasteiger partial charge in [0.1, 0.15) is 5.65 Å². The summed E-state index contributed by atoms with van der Waals surface area (Å²) in [6, 6.07) is 5.71. The van der Waals surface area contributed by atoms with Crippen molar-refractivity contribution in [3.8, 4) is 0 Å². The third-order valence-corrected chi connectivity index (χ3v) is 3.29. The highest BCUT2D eigenvalue weighted by Gasteiger charge is 2.15. The van der Waals surface area contributed by atoms with Crippen LogP contribution in [-0.2, 0) is 20.7 Å². The van der Waals surface area contributed by atoms with Crippen LogP contribution in [0.3, 0.4) is 0 Å². The number of methoxy groups -OCH3 is 1. The Morgan fingerprint density at radius 2 is 2.19 bits per heavy atom. The van der Waals surface area contributed by atoms with Crippen LogP contribution < -0.4 is 0 Å². The van der Waals surface area contributed by atoms with Crippen LogP contribution in [0.5, 0.6) is 0 Å². The molecule has 112 valence electrons. The number of aromatic nitrogens is 2. The fraction of sp³-hybridized carbons (Fsp3) is 0.400. The molecule has 0 aliphatic carbocycles. The van der Waals surface area contributed by atoms with E-state index >= 15 is 0 Å². The summed E-state index contributed by atoms with van der Waals surface area (Å²) in [5.41, 5.74) is 1.54. The normalized spacial score (nSPS) is 10.6. The molecule has 0 bridgehead atoms. The van der Waals surface area contributed by atoms with Gasteiger partial charge in [-0.2, -0.15) is 0 Å². The average Bonchev–Trinajstić information content (AvgIpc) is 2.89. The predicted molar refractivity (Wildman–Crippen MR) is 77.8 cm³/mol. The number of fused-ring (bicyclic) bond motifs is 1. The van der Waals surface area contributed by atoms with Crippen molar-refractivity contribution in [1.82, 2.24) is 14.3 Å². The maximum atomic E-state index is 12.2. The molecule has 0 radical (unpaired) electrons. The lowest BCUT2D eigenvalue weighted by molar-refractivity contribution is -0.141. The molecule has 0 spiro atoms. The molecule has 0 fully saturated rings. The summed E-state index contributed by atoms with van der Waals surface area (Å²) >= 11 is 0. The van der Waals surface area contributed by atoms with Crippen molar-refractivity contribution < 1.29 is 14.3 Å². The average molecular weight is 289 g/mol. The first-order valence-corrected chi connectivity index (χ1v) is 6.91. The van der Waals surface area contributed by atoms with Gasteiger partial charge in [-0.3, -0.25) is 9.59 Å². The van der Waals surface area contributed by atoms with E-state index < -0.39 is 0 Å². The first-order valence-electron chi connectivity index (χ1n) is 6.91. The molecule has 0 atom stereocenters. The van der Waals surface area contributed by atoms with Crippen LogP contribution in [0.25, 0.3) is 5.65 Å². The number of ether oxygens (including phenoxy) is 1. The quantitative estimate of drug-likeness (QED) is 0.752. The first kappa shape index (κ1) is 15.0. The van der Waals surface area contributed by atoms with Gasteiger partial charge in [-0.1, -0.05) is 6.07 Å². The minimum absolute atomic E-state index is 0.0372. The van der Waals surface area contributed by atoms with E-state index in [4.69, 9.17) is 0 Å². The predicted octanol–water partition coefficient (Wildman–Crippen LogP) is 1.29. The number of esters is 1. The van der Waals surface area contributed by atoms with Gasteiger partial charge in [-0.05, 0) is 19.1 Å². The second-order valence-corrected chi connectivity index (χ2v) is 4.67. The van der Waals surface area contributed by atoms with E-state index in [9.17, 15) is 9.59 Å². The molecular weight excluding hydrogens is 270 g/mol. The fourth-order valence-corrected chi connectivity index (χ4v) is 2.13. The van der Waals surface area contributed by atoms with Crippen LogP contribution in [0, 0.1) is 0 Å². The molecule has 6 heteroatoms. The Morgan fingerprint density at radius 3 is 2.86 bits per heavy atom. The SMILES string of the molecule is CCN(CCC(=O)OC)C(=O)Cc1cn2ccccc2n1. The lowest BCUT2D eigenvalue weighted by atomic mass is 10.2. The van der Waals surface area contributed by atoms with Gasteiger partial charge in [0.15, 0.2) is 0 Å². The largest absolute Gasteiger partial charge is 0.469 e. The van der Waals surface area contributed by atoms with Gasteiger partial charge in [0.05, 0.1) is 25.6 Å². The van der Waals surface area contributed by atoms with E-state index in [-0.39, 0.29) is 24.7 Å². The van der Waals surface area contributed by atoms with Crippen LogP contribution in [-0.4, -0.2) is 46.4 Å². The number of rotatable bonds is 6. The Hall–Kier alpha value is -2.37. The van der Waals surface area contributed by atoms with Gasteiger partial charge in [0, 0.05) is 25.5 Å². The molecule has 0 aromatic carbocycles. The lowest BCUT2D eigenvalue weighted by Crippen LogP contribution is -2.34. The topological polar surface area (TPSA) is 63.9 Å². The third kappa shape index (κ3) is 3.81. The Labute approximate surface area is 123 Å². The van der Waals surface area contributed by atoms with E-state index in [1.54, 1.807) is 4.90 Å². The highest BCUT2D eigenvalue weighted by Crippen LogP contribution is 2.07. The van der Waals surface area contributed by atoms with E-state index in [2.05, 4.69) is 9.72 Å². The molecule has 21 heavy (non-hydrogen) atoms. The molecule has 2 rings (SSSR count). The van der Waals surface area contributed by atoms with Gasteiger partial charge >= 0.3 is 5.97 Å². The molecule has 2 heterocycles. The summed E-state index contributed by atoms with van der Waals surface area (Å²) in [4.78, 5) is 29.4. The minimum atomic E-state index is -0.311. The smallest absolute Gasteiger partial charge is 0.307 e. The fourth-order valence-electron chi connectivity index (χ4n) is 2.13. The van der Waals surface area contributed by atoms with E-state index in [0.717, 1.165) is 11.3 Å². The minimum Gasteiger partial charge on any atom is -0.469 e. The maximum absolute atomic E-state index is 12.2. The summed E-state index contributed by atoms with van der Waals surface area (Å²) in [7, 11) is 1.34. The van der Waals surface area contributed by atoms with E-state index in [1.807, 2.05) is 41.9 Å². The zero-order valence-corrected chi connectivity index (χ0v) is 12.3. The van der Waals surface area contributed by atoms with Crippen molar-refractivity contribution in [3.63, 3.8) is 0 Å². The number of pyridine rings is 1. The molecule has 0 unspecified atom stereocenters. The number of likely N-dealkylation sites (N-methyl/N-ethyl adjacent to an activating group) is 1. The van der Waals surface area contributed by atoms with Crippen molar-refractivity contribution in [1.29, 1.82) is 0 Å². The number of hydrogen-bond donors (Lipinski definition) is 0. The highest BCUT2D eigenvalue weighted by atomic mass is 16.5. The van der Waals surface area contributed by atoms with Gasteiger partial charge in [-0.15, -0.1) is 0 Å². The molecule has 0 aliphatic rings. The summed E-state index contributed by atoms with van der Waals surface area (Å²) in [5, 5.41) is 0. The zero-order chi connectivity index (χ0) is 15.2. The van der Waals surface area contributed by atoms with Crippen molar-refractivity contribution in [2.24, 2.45) is 0 Å². The van der Waals surface area contributed by atoms with Gasteiger partial charge < -0.3 is 14.0 Å². The van der Waals surface area contributed by atoms with Crippen LogP contribution in [0.2, 0.25) is 0 Å². The zero-order valence-electron chi connectivity index (χ0n) is 12.3. The highest BCUT2D eigenvalue weighted by molar-refractivity contribution is 5.79. The molecule has 2 aromatic heterocycles. The maximum Gasteiger partial charge on any atom is 0.307 e. The second kappa shape index (κ2) is 6.88. The number of carbonyl (C=O) groups is 2. The number of imidazole rings is 1. The molecule has 1 amide bonds. The monoisotopic (exact) mass is 289 g/mol. The van der Waals surface area contributed by atoms with Crippen molar-refractivity contribution in [2.45, 2.75) is 19.8 Å². The third-order valence-electron chi connectivity index (χ3n) is 3.29. The van der Waals surface area contributed by atoms with Crippen molar-refractivity contribution >= 4 is 17.5 Å². The summed E-state index contributed by atoms with van der Waals surface area (Å²) in [6.45, 7) is 2.82. The molecule has 6 nitrogen and oxygen atoms in total. The Balaban J connectivity index is 1.99. The Kier molecular flexibility index (Phi) is 4.92. The van der Waals surface area contributed by atoms with Gasteiger partial charge in [0.2, 0.25) is 5.91 Å². The Morgan fingerprint density at radius 1 is 1.38 bits per heavy atom. The standard InChI is InChI=1S/C15H19N3O3/c1-3-17(9-7-15(20)21-2)14(19)10-12-11-18-8-5-4-6-13(18)16-12/h4-6,8,11H,3,7,9-10H2,1-2H3. The molecule has 0 saturated carbocycles. The van der Waals surface area contributed by atoms with Crippen LogP contribution in [0.4, 0.5) is 0 Å². The van der Waals surface area contributed by atoms with Gasteiger partial charge in [0.25, 0.3) is 0 Å². The summed E-state index contributed by atoms with van der Waals surface area (Å²) < 4.78 is 6.47. The molecule has 2 aromatic rings. The molecule has 0 saturated heterocycles. The number of hydrogen-bond acceptors (Lipinski definition) is 4. The second-order valence-electron chi connectivity index (χ2n) is 4.67. The number of amides is 1.